The Morgan fingerprint density at radius 2 is 1.83 bits per heavy atom. The number of amides is 2. The lowest BCUT2D eigenvalue weighted by Crippen LogP contribution is -2.33. The molecule has 1 N–H and O–H groups in total. The molecule has 0 fully saturated rings. The summed E-state index contributed by atoms with van der Waals surface area (Å²) >= 11 is 3.51. The maximum absolute atomic E-state index is 13.1. The van der Waals surface area contributed by atoms with E-state index in [1.807, 2.05) is 48.5 Å². The van der Waals surface area contributed by atoms with Gasteiger partial charge in [0, 0.05) is 15.6 Å². The number of ether oxygens (including phenoxy) is 1. The van der Waals surface area contributed by atoms with Crippen LogP contribution >= 0.6 is 15.9 Å². The highest BCUT2D eigenvalue weighted by Gasteiger charge is 2.29. The number of benzene rings is 2. The van der Waals surface area contributed by atoms with Crippen LogP contribution < -0.4 is 15.0 Å². The minimum Gasteiger partial charge on any atom is -0.497 e. The lowest BCUT2D eigenvalue weighted by Gasteiger charge is -2.23. The van der Waals surface area contributed by atoms with Gasteiger partial charge in [0.05, 0.1) is 32.3 Å². The molecule has 0 bridgehead atoms. The molecule has 2 aromatic carbocycles. The second kappa shape index (κ2) is 9.05. The zero-order valence-electron chi connectivity index (χ0n) is 16.2. The van der Waals surface area contributed by atoms with Crippen LogP contribution in [0.25, 0.3) is 4.48 Å². The number of nitrogens with one attached hydrogen (secondary N) is 1. The molecule has 6 nitrogen and oxygen atoms in total. The molecule has 0 unspecified atom stereocenters. The van der Waals surface area contributed by atoms with E-state index in [1.165, 1.54) is 6.92 Å². The van der Waals surface area contributed by atoms with E-state index in [2.05, 4.69) is 21.2 Å². The van der Waals surface area contributed by atoms with Gasteiger partial charge in [-0.2, -0.15) is 0 Å². The number of para-hydroxylation sites is 1. The van der Waals surface area contributed by atoms with Gasteiger partial charge < -0.3 is 15.0 Å². The van der Waals surface area contributed by atoms with Gasteiger partial charge in [-0.1, -0.05) is 30.3 Å². The Labute approximate surface area is 177 Å². The maximum Gasteiger partial charge on any atom is 0.249 e. The quantitative estimate of drug-likeness (QED) is 0.721. The van der Waals surface area contributed by atoms with Crippen molar-refractivity contribution in [2.45, 2.75) is 19.9 Å². The maximum atomic E-state index is 13.1. The average Bonchev–Trinajstić information content (AvgIpc) is 2.83. The Morgan fingerprint density at radius 3 is 2.48 bits per heavy atom. The molecule has 1 heterocycles. The van der Waals surface area contributed by atoms with Crippen LogP contribution in [0.5, 0.6) is 5.75 Å². The van der Waals surface area contributed by atoms with E-state index in [0.29, 0.717) is 16.6 Å². The smallest absolute Gasteiger partial charge is 0.249 e. The van der Waals surface area contributed by atoms with Crippen LogP contribution in [0.4, 0.5) is 5.69 Å². The van der Waals surface area contributed by atoms with E-state index in [9.17, 15) is 14.4 Å². The third-order valence-electron chi connectivity index (χ3n) is 4.60. The van der Waals surface area contributed by atoms with Crippen LogP contribution in [-0.4, -0.2) is 31.3 Å². The fourth-order valence-corrected chi connectivity index (χ4v) is 3.75. The van der Waals surface area contributed by atoms with Crippen molar-refractivity contribution in [3.8, 4) is 5.75 Å². The highest BCUT2D eigenvalue weighted by molar-refractivity contribution is 9.15. The minimum absolute atomic E-state index is 0.0742. The predicted molar refractivity (Wildman–Crippen MR) is 115 cm³/mol. The molecule has 3 rings (SSSR count). The summed E-state index contributed by atoms with van der Waals surface area (Å²) < 4.78 is 5.74. The van der Waals surface area contributed by atoms with Gasteiger partial charge in [0.15, 0.2) is 0 Å². The van der Waals surface area contributed by atoms with Crippen molar-refractivity contribution in [3.63, 3.8) is 0 Å². The summed E-state index contributed by atoms with van der Waals surface area (Å²) in [4.78, 5) is 38.6. The van der Waals surface area contributed by atoms with Crippen molar-refractivity contribution in [2.24, 2.45) is 0 Å². The zero-order chi connectivity index (χ0) is 21.0. The molecule has 0 atom stereocenters. The molecule has 0 saturated carbocycles. The molecule has 2 amide bonds. The number of hydrogen-bond donors (Lipinski definition) is 1. The van der Waals surface area contributed by atoms with Crippen molar-refractivity contribution in [1.29, 1.82) is 0 Å². The monoisotopic (exact) mass is 456 g/mol. The fraction of sp³-hybridized carbons (Fsp3) is 0.227. The van der Waals surface area contributed by atoms with E-state index in [1.54, 1.807) is 12.0 Å². The van der Waals surface area contributed by atoms with Crippen molar-refractivity contribution in [3.05, 3.63) is 65.2 Å². The molecule has 0 radical (unpaired) electrons. The summed E-state index contributed by atoms with van der Waals surface area (Å²) in [5.74, 6) is -0.0426. The first-order valence-corrected chi connectivity index (χ1v) is 9.89. The van der Waals surface area contributed by atoms with Crippen LogP contribution in [0.15, 0.2) is 54.1 Å². The number of methoxy groups -OCH3 is 1. The topological polar surface area (TPSA) is 75.7 Å². The Balaban J connectivity index is 1.95. The van der Waals surface area contributed by atoms with E-state index >= 15 is 0 Å². The van der Waals surface area contributed by atoms with Gasteiger partial charge in [0.2, 0.25) is 11.8 Å². The Bertz CT molecular complexity index is 983. The van der Waals surface area contributed by atoms with Crippen LogP contribution in [-0.2, 0) is 20.9 Å². The van der Waals surface area contributed by atoms with Gasteiger partial charge in [-0.3, -0.25) is 14.4 Å². The predicted octanol–water partition coefficient (Wildman–Crippen LogP) is 3.44. The first kappa shape index (κ1) is 20.8. The molecular weight excluding hydrogens is 436 g/mol. The van der Waals surface area contributed by atoms with Gasteiger partial charge in [-0.05, 0) is 46.6 Å². The lowest BCUT2D eigenvalue weighted by molar-refractivity contribution is -0.123. The number of ketones is 1. The molecule has 0 aromatic heterocycles. The molecule has 1 aliphatic heterocycles. The summed E-state index contributed by atoms with van der Waals surface area (Å²) in [6, 6.07) is 14.9. The highest BCUT2D eigenvalue weighted by Crippen LogP contribution is 2.38. The van der Waals surface area contributed by atoms with Crippen LogP contribution in [0.1, 0.15) is 24.5 Å². The largest absolute Gasteiger partial charge is 0.497 e. The summed E-state index contributed by atoms with van der Waals surface area (Å²) in [5, 5.41) is 2.58. The van der Waals surface area contributed by atoms with E-state index < -0.39 is 5.91 Å². The average molecular weight is 457 g/mol. The molecule has 0 saturated heterocycles. The Kier molecular flexibility index (Phi) is 6.49. The zero-order valence-corrected chi connectivity index (χ0v) is 17.8. The van der Waals surface area contributed by atoms with E-state index in [0.717, 1.165) is 22.6 Å². The number of halogens is 1. The Hall–Kier alpha value is -2.93. The number of hydrogen-bond acceptors (Lipinski definition) is 4. The minimum atomic E-state index is -0.429. The molecule has 1 aliphatic rings. The summed E-state index contributed by atoms with van der Waals surface area (Å²) in [5.41, 5.74) is 2.71. The number of Topliss-reactive ketones (excluding diaryl/α,β-unsaturated/α-hetero) is 1. The summed E-state index contributed by atoms with van der Waals surface area (Å²) in [6.45, 7) is 1.68. The first-order valence-electron chi connectivity index (χ1n) is 9.09. The van der Waals surface area contributed by atoms with Crippen molar-refractivity contribution >= 4 is 43.7 Å². The molecule has 0 aliphatic carbocycles. The van der Waals surface area contributed by atoms with Crippen LogP contribution in [0, 0.1) is 0 Å². The van der Waals surface area contributed by atoms with Gasteiger partial charge in [-0.25, -0.2) is 0 Å². The third kappa shape index (κ3) is 4.74. The number of fused-ring (bicyclic) bond motifs is 1. The van der Waals surface area contributed by atoms with Crippen molar-refractivity contribution in [2.75, 3.05) is 18.6 Å². The summed E-state index contributed by atoms with van der Waals surface area (Å²) in [6.07, 6.45) is -0.0742. The molecular formula is C22H21BrN2O4. The molecule has 7 heteroatoms. The van der Waals surface area contributed by atoms with E-state index in [-0.39, 0.29) is 24.7 Å². The molecule has 29 heavy (non-hydrogen) atoms. The normalized spacial score (nSPS) is 13.6. The molecule has 0 spiro atoms. The second-order valence-corrected chi connectivity index (χ2v) is 7.49. The fourth-order valence-electron chi connectivity index (χ4n) is 3.09. The number of anilines is 1. The number of rotatable bonds is 6. The summed E-state index contributed by atoms with van der Waals surface area (Å²) in [7, 11) is 1.60. The van der Waals surface area contributed by atoms with Crippen molar-refractivity contribution in [1.82, 2.24) is 5.32 Å². The molecule has 2 aromatic rings. The van der Waals surface area contributed by atoms with E-state index in [4.69, 9.17) is 4.74 Å². The highest BCUT2D eigenvalue weighted by atomic mass is 79.9. The standard InChI is InChI=1S/C22H21BrN2O4/c1-14(26)12-24-22(28)18-11-20(27)25(13-15-7-9-16(29-2)10-8-15)19-6-4-3-5-17(19)21(18)23/h3-10H,11-13H2,1-2H3,(H,24,28). The number of carbonyl (C=O) groups is 3. The third-order valence-corrected chi connectivity index (χ3v) is 5.50. The molecule has 150 valence electrons. The van der Waals surface area contributed by atoms with Crippen LogP contribution in [0.2, 0.25) is 0 Å². The Morgan fingerprint density at radius 1 is 1.14 bits per heavy atom. The van der Waals surface area contributed by atoms with Gasteiger partial charge in [0.1, 0.15) is 11.5 Å². The van der Waals surface area contributed by atoms with Gasteiger partial charge in [0.25, 0.3) is 0 Å². The number of carbonyl (C=O) groups excluding carboxylic acids is 3. The first-order chi connectivity index (χ1) is 13.9. The second-order valence-electron chi connectivity index (χ2n) is 6.70. The van der Waals surface area contributed by atoms with Crippen LogP contribution in [0.3, 0.4) is 0 Å². The number of nitrogens with zero attached hydrogens (tertiary/aromatic N) is 1. The van der Waals surface area contributed by atoms with Gasteiger partial charge >= 0.3 is 0 Å². The SMILES string of the molecule is COc1ccc(CN2C(=O)CC(C(=O)NCC(C)=O)=C(Br)c3ccccc32)cc1. The lowest BCUT2D eigenvalue weighted by atomic mass is 10.1. The van der Waals surface area contributed by atoms with Gasteiger partial charge in [-0.15, -0.1) is 0 Å². The van der Waals surface area contributed by atoms with Crippen molar-refractivity contribution < 1.29 is 19.1 Å².